The van der Waals surface area contributed by atoms with Gasteiger partial charge >= 0.3 is 0 Å². The third-order valence-electron chi connectivity index (χ3n) is 5.07. The number of nitrogens with zero attached hydrogens (tertiary/aromatic N) is 1. The minimum absolute atomic E-state index is 0.110. The zero-order chi connectivity index (χ0) is 15.5. The fourth-order valence-electron chi connectivity index (χ4n) is 3.49. The predicted molar refractivity (Wildman–Crippen MR) is 91.6 cm³/mol. The highest BCUT2D eigenvalue weighted by atomic mass is 32.1. The number of hydrogen-bond donors (Lipinski definition) is 1. The molecule has 0 saturated heterocycles. The second-order valence-corrected chi connectivity index (χ2v) is 8.64. The number of rotatable bonds is 5. The van der Waals surface area contributed by atoms with Crippen molar-refractivity contribution in [1.29, 1.82) is 0 Å². The zero-order valence-corrected chi connectivity index (χ0v) is 14.8. The van der Waals surface area contributed by atoms with Crippen molar-refractivity contribution in [2.45, 2.75) is 59.6 Å². The lowest BCUT2D eigenvalue weighted by Gasteiger charge is -2.41. The molecule has 1 aliphatic carbocycles. The summed E-state index contributed by atoms with van der Waals surface area (Å²) in [6.45, 7) is 12.4. The van der Waals surface area contributed by atoms with Crippen LogP contribution in [0.5, 0.6) is 0 Å². The molecule has 120 valence electrons. The number of hydrogen-bond acceptors (Lipinski definition) is 3. The third kappa shape index (κ3) is 4.80. The molecule has 1 heterocycles. The van der Waals surface area contributed by atoms with Gasteiger partial charge in [-0.2, -0.15) is 0 Å². The average Bonchev–Trinajstić information content (AvgIpc) is 2.92. The van der Waals surface area contributed by atoms with Gasteiger partial charge in [-0.05, 0) is 54.5 Å². The van der Waals surface area contributed by atoms with Gasteiger partial charge in [-0.15, -0.1) is 11.3 Å². The van der Waals surface area contributed by atoms with Crippen LogP contribution in [0, 0.1) is 17.3 Å². The Labute approximate surface area is 134 Å². The summed E-state index contributed by atoms with van der Waals surface area (Å²) in [7, 11) is 0. The van der Waals surface area contributed by atoms with E-state index >= 15 is 0 Å². The van der Waals surface area contributed by atoms with E-state index in [0.29, 0.717) is 11.3 Å². The van der Waals surface area contributed by atoms with Gasteiger partial charge in [0.05, 0.1) is 6.10 Å². The van der Waals surface area contributed by atoms with Crippen molar-refractivity contribution in [3.63, 3.8) is 0 Å². The summed E-state index contributed by atoms with van der Waals surface area (Å²) >= 11 is 1.83. The van der Waals surface area contributed by atoms with Crippen LogP contribution in [0.1, 0.15) is 51.8 Å². The smallest absolute Gasteiger partial charge is 0.0580 e. The van der Waals surface area contributed by atoms with Gasteiger partial charge < -0.3 is 5.11 Å². The lowest BCUT2D eigenvalue weighted by molar-refractivity contribution is 0.00292. The summed E-state index contributed by atoms with van der Waals surface area (Å²) in [6.07, 6.45) is 3.22. The first-order valence-corrected chi connectivity index (χ1v) is 9.21. The zero-order valence-electron chi connectivity index (χ0n) is 14.0. The molecule has 1 N–H and O–H groups in total. The minimum atomic E-state index is -0.110. The minimum Gasteiger partial charge on any atom is -0.393 e. The first-order chi connectivity index (χ1) is 9.90. The van der Waals surface area contributed by atoms with E-state index in [1.165, 1.54) is 17.7 Å². The summed E-state index contributed by atoms with van der Waals surface area (Å²) < 4.78 is 0. The van der Waals surface area contributed by atoms with Gasteiger partial charge in [0.2, 0.25) is 0 Å². The van der Waals surface area contributed by atoms with Crippen LogP contribution in [0.3, 0.4) is 0 Å². The molecule has 1 aromatic heterocycles. The topological polar surface area (TPSA) is 23.5 Å². The van der Waals surface area contributed by atoms with Crippen molar-refractivity contribution in [2.24, 2.45) is 17.3 Å². The highest BCUT2D eigenvalue weighted by Crippen LogP contribution is 2.40. The van der Waals surface area contributed by atoms with Gasteiger partial charge in [-0.25, -0.2) is 0 Å². The van der Waals surface area contributed by atoms with E-state index in [0.717, 1.165) is 32.0 Å². The number of thiophene rings is 1. The Bertz CT molecular complexity index is 409. The van der Waals surface area contributed by atoms with Gasteiger partial charge in [0.25, 0.3) is 0 Å². The lowest BCUT2D eigenvalue weighted by Crippen LogP contribution is -2.41. The van der Waals surface area contributed by atoms with Gasteiger partial charge in [0, 0.05) is 18.0 Å². The monoisotopic (exact) mass is 309 g/mol. The molecular formula is C18H31NOS. The standard InChI is InChI=1S/C18H31NOS/c1-5-19(13-16-7-6-10-21-16)12-14-11-15(18(2,3)4)8-9-17(14)20/h6-7,10,14-15,17,20H,5,8-9,11-13H2,1-4H3. The fourth-order valence-corrected chi connectivity index (χ4v) is 4.24. The summed E-state index contributed by atoms with van der Waals surface area (Å²) in [5, 5.41) is 12.5. The van der Waals surface area contributed by atoms with E-state index < -0.39 is 0 Å². The summed E-state index contributed by atoms with van der Waals surface area (Å²) in [4.78, 5) is 3.92. The largest absolute Gasteiger partial charge is 0.393 e. The molecule has 0 spiro atoms. The molecular weight excluding hydrogens is 278 g/mol. The van der Waals surface area contributed by atoms with E-state index in [9.17, 15) is 5.11 Å². The molecule has 1 saturated carbocycles. The van der Waals surface area contributed by atoms with Gasteiger partial charge in [0.15, 0.2) is 0 Å². The maximum Gasteiger partial charge on any atom is 0.0580 e. The van der Waals surface area contributed by atoms with Crippen LogP contribution in [0.2, 0.25) is 0 Å². The van der Waals surface area contributed by atoms with Gasteiger partial charge in [-0.1, -0.05) is 33.8 Å². The Balaban J connectivity index is 1.94. The molecule has 2 rings (SSSR count). The molecule has 3 heteroatoms. The Morgan fingerprint density at radius 2 is 2.10 bits per heavy atom. The Morgan fingerprint density at radius 3 is 2.67 bits per heavy atom. The molecule has 0 amide bonds. The lowest BCUT2D eigenvalue weighted by atomic mass is 9.68. The van der Waals surface area contributed by atoms with E-state index in [-0.39, 0.29) is 6.10 Å². The molecule has 21 heavy (non-hydrogen) atoms. The van der Waals surface area contributed by atoms with Crippen molar-refractivity contribution in [2.75, 3.05) is 13.1 Å². The molecule has 0 aliphatic heterocycles. The van der Waals surface area contributed by atoms with E-state index in [4.69, 9.17) is 0 Å². The molecule has 3 atom stereocenters. The second kappa shape index (κ2) is 7.26. The van der Waals surface area contributed by atoms with E-state index in [1.807, 2.05) is 11.3 Å². The molecule has 3 unspecified atom stereocenters. The van der Waals surface area contributed by atoms with Crippen molar-refractivity contribution in [3.8, 4) is 0 Å². The molecule has 0 aromatic carbocycles. The number of aliphatic hydroxyl groups excluding tert-OH is 1. The van der Waals surface area contributed by atoms with Crippen LogP contribution in [-0.2, 0) is 6.54 Å². The van der Waals surface area contributed by atoms with Gasteiger partial charge in [0.1, 0.15) is 0 Å². The Morgan fingerprint density at radius 1 is 1.33 bits per heavy atom. The Kier molecular flexibility index (Phi) is 5.87. The van der Waals surface area contributed by atoms with Crippen molar-refractivity contribution >= 4 is 11.3 Å². The SMILES string of the molecule is CCN(Cc1cccs1)CC1CC(C(C)(C)C)CCC1O. The first-order valence-electron chi connectivity index (χ1n) is 8.33. The predicted octanol–water partition coefficient (Wildman–Crippen LogP) is 4.39. The van der Waals surface area contributed by atoms with E-state index in [2.05, 4.69) is 50.1 Å². The third-order valence-corrected chi connectivity index (χ3v) is 5.93. The van der Waals surface area contributed by atoms with Crippen LogP contribution in [0.15, 0.2) is 17.5 Å². The summed E-state index contributed by atoms with van der Waals surface area (Å²) in [5.41, 5.74) is 0.364. The molecule has 0 bridgehead atoms. The van der Waals surface area contributed by atoms with Crippen molar-refractivity contribution in [1.82, 2.24) is 4.90 Å². The van der Waals surface area contributed by atoms with Crippen LogP contribution >= 0.6 is 11.3 Å². The highest BCUT2D eigenvalue weighted by molar-refractivity contribution is 7.09. The summed E-state index contributed by atoms with van der Waals surface area (Å²) in [6, 6.07) is 4.33. The maximum absolute atomic E-state index is 10.4. The second-order valence-electron chi connectivity index (χ2n) is 7.61. The van der Waals surface area contributed by atoms with Crippen LogP contribution in [0.25, 0.3) is 0 Å². The van der Waals surface area contributed by atoms with Crippen molar-refractivity contribution in [3.05, 3.63) is 22.4 Å². The highest BCUT2D eigenvalue weighted by Gasteiger charge is 2.35. The van der Waals surface area contributed by atoms with Crippen molar-refractivity contribution < 1.29 is 5.11 Å². The van der Waals surface area contributed by atoms with Gasteiger partial charge in [-0.3, -0.25) is 4.90 Å². The van der Waals surface area contributed by atoms with Crippen LogP contribution in [0.4, 0.5) is 0 Å². The summed E-state index contributed by atoms with van der Waals surface area (Å²) in [5.74, 6) is 1.18. The van der Waals surface area contributed by atoms with Crippen LogP contribution in [-0.4, -0.2) is 29.2 Å². The first kappa shape index (κ1) is 17.0. The quantitative estimate of drug-likeness (QED) is 0.872. The Hall–Kier alpha value is -0.380. The van der Waals surface area contributed by atoms with Crippen LogP contribution < -0.4 is 0 Å². The fraction of sp³-hybridized carbons (Fsp3) is 0.778. The number of aliphatic hydroxyl groups is 1. The maximum atomic E-state index is 10.4. The normalized spacial score (nSPS) is 27.2. The molecule has 1 aromatic rings. The van der Waals surface area contributed by atoms with E-state index in [1.54, 1.807) is 0 Å². The molecule has 1 fully saturated rings. The average molecular weight is 310 g/mol. The molecule has 0 radical (unpaired) electrons. The molecule has 1 aliphatic rings. The molecule has 2 nitrogen and oxygen atoms in total.